The molecule has 0 heterocycles. The summed E-state index contributed by atoms with van der Waals surface area (Å²) in [6, 6.07) is 16.7. The number of carbonyl (C=O) groups is 2. The highest BCUT2D eigenvalue weighted by atomic mass is 16.5. The van der Waals surface area contributed by atoms with Gasteiger partial charge in [-0.3, -0.25) is 4.79 Å². The minimum atomic E-state index is -0.948. The Bertz CT molecular complexity index is 686. The number of benzene rings is 2. The lowest BCUT2D eigenvalue weighted by Crippen LogP contribution is -2.39. The predicted octanol–water partition coefficient (Wildman–Crippen LogP) is 2.75. The Kier molecular flexibility index (Phi) is 6.83. The average Bonchev–Trinajstić information content (AvgIpc) is 2.62. The van der Waals surface area contributed by atoms with Gasteiger partial charge >= 0.3 is 12.0 Å². The molecule has 0 saturated heterocycles. The monoisotopic (exact) mass is 342 g/mol. The molecule has 0 aliphatic rings. The number of hydrogen-bond donors (Lipinski definition) is 3. The van der Waals surface area contributed by atoms with Crippen LogP contribution in [0, 0.1) is 0 Å². The predicted molar refractivity (Wildman–Crippen MR) is 94.7 cm³/mol. The van der Waals surface area contributed by atoms with E-state index in [1.54, 1.807) is 7.11 Å². The summed E-state index contributed by atoms with van der Waals surface area (Å²) in [5, 5.41) is 14.1. The summed E-state index contributed by atoms with van der Waals surface area (Å²) in [7, 11) is 1.60. The molecular formula is C19H22N2O4. The molecule has 132 valence electrons. The van der Waals surface area contributed by atoms with Gasteiger partial charge in [-0.25, -0.2) is 4.79 Å². The number of hydrogen-bond acceptors (Lipinski definition) is 3. The molecule has 1 unspecified atom stereocenters. The summed E-state index contributed by atoms with van der Waals surface area (Å²) in [6.45, 7) is 0.0852. The molecule has 2 rings (SSSR count). The number of carbonyl (C=O) groups excluding carboxylic acids is 1. The van der Waals surface area contributed by atoms with Gasteiger partial charge in [0.25, 0.3) is 0 Å². The lowest BCUT2D eigenvalue weighted by molar-refractivity contribution is -0.136. The maximum absolute atomic E-state index is 12.1. The third-order valence-electron chi connectivity index (χ3n) is 3.73. The number of nitrogens with one attached hydrogen (secondary N) is 2. The highest BCUT2D eigenvalue weighted by Crippen LogP contribution is 2.21. The smallest absolute Gasteiger partial charge is 0.315 e. The van der Waals surface area contributed by atoms with E-state index < -0.39 is 12.0 Å². The van der Waals surface area contributed by atoms with Gasteiger partial charge in [-0.2, -0.15) is 0 Å². The second kappa shape index (κ2) is 9.32. The fraction of sp³-hybridized carbons (Fsp3) is 0.263. The van der Waals surface area contributed by atoms with Crippen LogP contribution in [0.25, 0.3) is 0 Å². The normalized spacial score (nSPS) is 11.4. The second-order valence-corrected chi connectivity index (χ2v) is 5.56. The molecule has 0 aromatic heterocycles. The van der Waals surface area contributed by atoms with Gasteiger partial charge in [-0.1, -0.05) is 42.5 Å². The molecule has 2 aromatic carbocycles. The zero-order valence-electron chi connectivity index (χ0n) is 14.1. The number of carboxylic acids is 1. The largest absolute Gasteiger partial charge is 0.497 e. The molecule has 1 atom stereocenters. The van der Waals surface area contributed by atoms with E-state index in [0.717, 1.165) is 16.9 Å². The van der Waals surface area contributed by atoms with Crippen LogP contribution in [-0.4, -0.2) is 30.8 Å². The van der Waals surface area contributed by atoms with Crippen LogP contribution in [0.4, 0.5) is 4.79 Å². The van der Waals surface area contributed by atoms with Crippen molar-refractivity contribution >= 4 is 12.0 Å². The molecule has 0 spiro atoms. The fourth-order valence-corrected chi connectivity index (χ4v) is 2.43. The molecule has 6 nitrogen and oxygen atoms in total. The SMILES string of the molecule is COc1ccc(C(Cc2ccccc2)NC(=O)NCCC(=O)O)cc1. The van der Waals surface area contributed by atoms with Crippen molar-refractivity contribution in [3.05, 3.63) is 65.7 Å². The number of urea groups is 1. The van der Waals surface area contributed by atoms with Crippen LogP contribution in [0.5, 0.6) is 5.75 Å². The molecule has 0 fully saturated rings. The first kappa shape index (κ1) is 18.3. The van der Waals surface area contributed by atoms with Crippen molar-refractivity contribution in [1.82, 2.24) is 10.6 Å². The van der Waals surface area contributed by atoms with Gasteiger partial charge in [0.05, 0.1) is 19.6 Å². The van der Waals surface area contributed by atoms with E-state index in [1.165, 1.54) is 0 Å². The molecule has 2 aromatic rings. The molecule has 25 heavy (non-hydrogen) atoms. The highest BCUT2D eigenvalue weighted by Gasteiger charge is 2.15. The number of carboxylic acid groups (broad SMARTS) is 1. The van der Waals surface area contributed by atoms with Gasteiger partial charge in [0.1, 0.15) is 5.75 Å². The Balaban J connectivity index is 2.08. The van der Waals surface area contributed by atoms with Crippen LogP contribution < -0.4 is 15.4 Å². The van der Waals surface area contributed by atoms with E-state index in [4.69, 9.17) is 9.84 Å². The van der Waals surface area contributed by atoms with Crippen LogP contribution in [0.3, 0.4) is 0 Å². The molecule has 0 saturated carbocycles. The van der Waals surface area contributed by atoms with Gasteiger partial charge in [0.15, 0.2) is 0 Å². The maximum Gasteiger partial charge on any atom is 0.315 e. The average molecular weight is 342 g/mol. The lowest BCUT2D eigenvalue weighted by atomic mass is 9.99. The number of ether oxygens (including phenoxy) is 1. The zero-order chi connectivity index (χ0) is 18.1. The molecule has 0 radical (unpaired) electrons. The summed E-state index contributed by atoms with van der Waals surface area (Å²) in [5.41, 5.74) is 2.03. The quantitative estimate of drug-likeness (QED) is 0.688. The summed E-state index contributed by atoms with van der Waals surface area (Å²) in [5.74, 6) is -0.204. The van der Waals surface area contributed by atoms with E-state index in [9.17, 15) is 9.59 Å². The van der Waals surface area contributed by atoms with Gasteiger partial charge in [0, 0.05) is 6.54 Å². The zero-order valence-corrected chi connectivity index (χ0v) is 14.1. The van der Waals surface area contributed by atoms with E-state index in [1.807, 2.05) is 54.6 Å². The second-order valence-electron chi connectivity index (χ2n) is 5.56. The van der Waals surface area contributed by atoms with Crippen LogP contribution in [-0.2, 0) is 11.2 Å². The maximum atomic E-state index is 12.1. The summed E-state index contributed by atoms with van der Waals surface area (Å²) in [6.07, 6.45) is 0.513. The van der Waals surface area contributed by atoms with Crippen LogP contribution in [0.2, 0.25) is 0 Å². The minimum Gasteiger partial charge on any atom is -0.497 e. The fourth-order valence-electron chi connectivity index (χ4n) is 2.43. The first-order chi connectivity index (χ1) is 12.1. The molecule has 2 amide bonds. The molecular weight excluding hydrogens is 320 g/mol. The topological polar surface area (TPSA) is 87.7 Å². The van der Waals surface area contributed by atoms with E-state index in [2.05, 4.69) is 10.6 Å². The third kappa shape index (κ3) is 6.18. The Morgan fingerprint density at radius 3 is 2.36 bits per heavy atom. The Hall–Kier alpha value is -3.02. The molecule has 3 N–H and O–H groups in total. The minimum absolute atomic E-state index is 0.0852. The first-order valence-electron chi connectivity index (χ1n) is 8.02. The van der Waals surface area contributed by atoms with Crippen molar-refractivity contribution in [2.45, 2.75) is 18.9 Å². The van der Waals surface area contributed by atoms with E-state index >= 15 is 0 Å². The van der Waals surface area contributed by atoms with Crippen molar-refractivity contribution in [1.29, 1.82) is 0 Å². The van der Waals surface area contributed by atoms with Crippen LogP contribution in [0.15, 0.2) is 54.6 Å². The highest BCUT2D eigenvalue weighted by molar-refractivity contribution is 5.75. The standard InChI is InChI=1S/C19H22N2O4/c1-25-16-9-7-15(8-10-16)17(13-14-5-3-2-4-6-14)21-19(24)20-12-11-18(22)23/h2-10,17H,11-13H2,1H3,(H,22,23)(H2,20,21,24). The van der Waals surface area contributed by atoms with Crippen molar-refractivity contribution in [2.24, 2.45) is 0 Å². The van der Waals surface area contributed by atoms with Crippen LogP contribution in [0.1, 0.15) is 23.6 Å². The van der Waals surface area contributed by atoms with Crippen molar-refractivity contribution in [3.63, 3.8) is 0 Å². The number of amides is 2. The van der Waals surface area contributed by atoms with Gasteiger partial charge < -0.3 is 20.5 Å². The van der Waals surface area contributed by atoms with Crippen molar-refractivity contribution in [3.8, 4) is 5.75 Å². The van der Waals surface area contributed by atoms with Crippen molar-refractivity contribution < 1.29 is 19.4 Å². The summed E-state index contributed by atoms with van der Waals surface area (Å²) >= 11 is 0. The lowest BCUT2D eigenvalue weighted by Gasteiger charge is -2.20. The molecule has 0 bridgehead atoms. The number of methoxy groups -OCH3 is 1. The first-order valence-corrected chi connectivity index (χ1v) is 8.02. The third-order valence-corrected chi connectivity index (χ3v) is 3.73. The number of aliphatic carboxylic acids is 1. The Labute approximate surface area is 146 Å². The molecule has 0 aliphatic carbocycles. The summed E-state index contributed by atoms with van der Waals surface area (Å²) in [4.78, 5) is 22.6. The summed E-state index contributed by atoms with van der Waals surface area (Å²) < 4.78 is 5.17. The Morgan fingerprint density at radius 1 is 1.08 bits per heavy atom. The van der Waals surface area contributed by atoms with Gasteiger partial charge in [-0.15, -0.1) is 0 Å². The molecule has 0 aliphatic heterocycles. The molecule has 6 heteroatoms. The van der Waals surface area contributed by atoms with E-state index in [0.29, 0.717) is 6.42 Å². The van der Waals surface area contributed by atoms with Crippen molar-refractivity contribution in [2.75, 3.05) is 13.7 Å². The van der Waals surface area contributed by atoms with Crippen LogP contribution >= 0.6 is 0 Å². The van der Waals surface area contributed by atoms with E-state index in [-0.39, 0.29) is 19.0 Å². The van der Waals surface area contributed by atoms with Gasteiger partial charge in [-0.05, 0) is 29.7 Å². The Morgan fingerprint density at radius 2 is 1.76 bits per heavy atom. The van der Waals surface area contributed by atoms with Gasteiger partial charge in [0.2, 0.25) is 0 Å². The number of rotatable bonds is 8.